The van der Waals surface area contributed by atoms with Crippen molar-refractivity contribution in [1.82, 2.24) is 4.72 Å². The van der Waals surface area contributed by atoms with Gasteiger partial charge in [-0.25, -0.2) is 17.9 Å². The van der Waals surface area contributed by atoms with Crippen molar-refractivity contribution in [3.05, 3.63) is 42.0 Å². The van der Waals surface area contributed by atoms with Crippen LogP contribution in [0.25, 0.3) is 0 Å². The molecule has 1 aromatic rings. The van der Waals surface area contributed by atoms with Crippen molar-refractivity contribution in [1.29, 1.82) is 0 Å². The molecule has 0 amide bonds. The molecule has 0 bridgehead atoms. The van der Waals surface area contributed by atoms with E-state index in [1.54, 1.807) is 0 Å². The zero-order valence-electron chi connectivity index (χ0n) is 13.8. The number of ether oxygens (including phenoxy) is 1. The summed E-state index contributed by atoms with van der Waals surface area (Å²) >= 11 is 0. The van der Waals surface area contributed by atoms with E-state index in [9.17, 15) is 18.3 Å². The molecular formula is C17H23NO6S. The third kappa shape index (κ3) is 5.93. The monoisotopic (exact) mass is 369 g/mol. The van der Waals surface area contributed by atoms with Crippen LogP contribution in [-0.2, 0) is 14.8 Å². The lowest BCUT2D eigenvalue weighted by Gasteiger charge is -2.19. The van der Waals surface area contributed by atoms with Gasteiger partial charge in [-0.3, -0.25) is 0 Å². The second-order valence-corrected chi connectivity index (χ2v) is 7.73. The predicted molar refractivity (Wildman–Crippen MR) is 91.9 cm³/mol. The van der Waals surface area contributed by atoms with Crippen LogP contribution in [0.5, 0.6) is 0 Å². The topological polar surface area (TPSA) is 113 Å². The first-order valence-corrected chi connectivity index (χ1v) is 9.61. The smallest absolute Gasteiger partial charge is 0.337 e. The van der Waals surface area contributed by atoms with Crippen LogP contribution in [0.3, 0.4) is 0 Å². The van der Waals surface area contributed by atoms with E-state index >= 15 is 0 Å². The fraction of sp³-hybridized carbons (Fsp3) is 0.471. The molecule has 0 heterocycles. The molecule has 2 unspecified atom stereocenters. The van der Waals surface area contributed by atoms with Gasteiger partial charge in [0.15, 0.2) is 0 Å². The van der Waals surface area contributed by atoms with E-state index in [0.29, 0.717) is 12.5 Å². The zero-order chi connectivity index (χ0) is 18.3. The Kier molecular flexibility index (Phi) is 7.12. The average Bonchev–Trinajstić information content (AvgIpc) is 2.61. The molecule has 8 heteroatoms. The molecule has 2 rings (SSSR count). The molecule has 25 heavy (non-hydrogen) atoms. The number of sulfonamides is 1. The Bertz CT molecular complexity index is 716. The Morgan fingerprint density at radius 3 is 2.76 bits per heavy atom. The summed E-state index contributed by atoms with van der Waals surface area (Å²) < 4.78 is 32.2. The summed E-state index contributed by atoms with van der Waals surface area (Å²) in [5, 5.41) is 19.0. The highest BCUT2D eigenvalue weighted by Gasteiger charge is 2.22. The molecule has 2 atom stereocenters. The highest BCUT2D eigenvalue weighted by Crippen LogP contribution is 2.18. The second-order valence-electron chi connectivity index (χ2n) is 5.99. The van der Waals surface area contributed by atoms with Gasteiger partial charge >= 0.3 is 5.97 Å². The molecule has 0 spiro atoms. The van der Waals surface area contributed by atoms with Gasteiger partial charge in [0.25, 0.3) is 0 Å². The Hall–Kier alpha value is -1.74. The summed E-state index contributed by atoms with van der Waals surface area (Å²) in [6.07, 6.45) is 6.27. The number of aliphatic hydroxyl groups excluding tert-OH is 1. The molecule has 1 aliphatic carbocycles. The van der Waals surface area contributed by atoms with Crippen molar-refractivity contribution in [3.63, 3.8) is 0 Å². The van der Waals surface area contributed by atoms with Gasteiger partial charge in [0.2, 0.25) is 10.0 Å². The van der Waals surface area contributed by atoms with Crippen LogP contribution in [0.4, 0.5) is 0 Å². The van der Waals surface area contributed by atoms with Gasteiger partial charge in [0.05, 0.1) is 23.2 Å². The number of nitrogens with one attached hydrogen (secondary N) is 1. The van der Waals surface area contributed by atoms with Crippen LogP contribution in [0.2, 0.25) is 0 Å². The summed E-state index contributed by atoms with van der Waals surface area (Å²) in [6.45, 7) is 0.292. The number of carboxylic acid groups (broad SMARTS) is 1. The van der Waals surface area contributed by atoms with Gasteiger partial charge in [-0.1, -0.05) is 24.3 Å². The predicted octanol–water partition coefficient (Wildman–Crippen LogP) is 1.40. The maximum Gasteiger partial charge on any atom is 0.337 e. The lowest BCUT2D eigenvalue weighted by atomic mass is 9.95. The van der Waals surface area contributed by atoms with Crippen LogP contribution < -0.4 is 4.72 Å². The molecule has 0 fully saturated rings. The number of benzene rings is 1. The standard InChI is InChI=1S/C17H23NO6S/c19-14(12-24-11-13-6-2-1-3-7-13)10-18-25(22,23)16-9-5-4-8-15(16)17(20)21/h1-2,4-5,8-9,13-14,18-19H,3,6-7,10-12H2,(H,20,21). The fourth-order valence-corrected chi connectivity index (χ4v) is 3.87. The number of aliphatic hydroxyl groups is 1. The first-order valence-electron chi connectivity index (χ1n) is 8.13. The van der Waals surface area contributed by atoms with Gasteiger partial charge in [0, 0.05) is 13.2 Å². The molecule has 0 saturated carbocycles. The number of rotatable bonds is 9. The molecule has 1 aliphatic rings. The maximum atomic E-state index is 12.2. The molecule has 1 aromatic carbocycles. The summed E-state index contributed by atoms with van der Waals surface area (Å²) in [5.74, 6) is -0.900. The second kappa shape index (κ2) is 9.10. The molecule has 0 aromatic heterocycles. The van der Waals surface area contributed by atoms with Gasteiger partial charge in [-0.15, -0.1) is 0 Å². The minimum atomic E-state index is -4.03. The number of aromatic carboxylic acids is 1. The van der Waals surface area contributed by atoms with Gasteiger partial charge in [0.1, 0.15) is 0 Å². The number of carboxylic acids is 1. The average molecular weight is 369 g/mol. The SMILES string of the molecule is O=C(O)c1ccccc1S(=O)(=O)NCC(O)COCC1CC=CCC1. The van der Waals surface area contributed by atoms with Crippen molar-refractivity contribution >= 4 is 16.0 Å². The Morgan fingerprint density at radius 1 is 1.32 bits per heavy atom. The van der Waals surface area contributed by atoms with E-state index in [4.69, 9.17) is 9.84 Å². The molecule has 3 N–H and O–H groups in total. The first kappa shape index (κ1) is 19.6. The van der Waals surface area contributed by atoms with Crippen molar-refractivity contribution in [2.75, 3.05) is 19.8 Å². The largest absolute Gasteiger partial charge is 0.478 e. The number of hydrogen-bond acceptors (Lipinski definition) is 5. The van der Waals surface area contributed by atoms with Gasteiger partial charge in [-0.05, 0) is 37.3 Å². The highest BCUT2D eigenvalue weighted by atomic mass is 32.2. The highest BCUT2D eigenvalue weighted by molar-refractivity contribution is 7.89. The number of allylic oxidation sites excluding steroid dienone is 2. The van der Waals surface area contributed by atoms with Crippen molar-refractivity contribution in [3.8, 4) is 0 Å². The quantitative estimate of drug-likeness (QED) is 0.567. The van der Waals surface area contributed by atoms with E-state index in [-0.39, 0.29) is 23.6 Å². The minimum absolute atomic E-state index is 0.0172. The minimum Gasteiger partial charge on any atom is -0.478 e. The molecule has 0 aliphatic heterocycles. The normalized spacial score (nSPS) is 18.8. The number of hydrogen-bond donors (Lipinski definition) is 3. The summed E-state index contributed by atoms with van der Waals surface area (Å²) in [4.78, 5) is 10.8. The van der Waals surface area contributed by atoms with Crippen LogP contribution in [0.15, 0.2) is 41.3 Å². The van der Waals surface area contributed by atoms with Crippen molar-refractivity contribution in [2.24, 2.45) is 5.92 Å². The third-order valence-electron chi connectivity index (χ3n) is 3.96. The fourth-order valence-electron chi connectivity index (χ4n) is 2.60. The number of carbonyl (C=O) groups is 1. The molecular weight excluding hydrogens is 346 g/mol. The molecule has 7 nitrogen and oxygen atoms in total. The summed E-state index contributed by atoms with van der Waals surface area (Å²) in [7, 11) is -4.03. The zero-order valence-corrected chi connectivity index (χ0v) is 14.6. The Labute approximate surface area is 147 Å². The van der Waals surface area contributed by atoms with E-state index in [0.717, 1.165) is 19.3 Å². The third-order valence-corrected chi connectivity index (χ3v) is 5.44. The van der Waals surface area contributed by atoms with Gasteiger partial charge in [-0.2, -0.15) is 0 Å². The van der Waals surface area contributed by atoms with E-state index in [2.05, 4.69) is 16.9 Å². The Morgan fingerprint density at radius 2 is 2.08 bits per heavy atom. The Balaban J connectivity index is 1.83. The molecule has 0 saturated heterocycles. The molecule has 138 valence electrons. The lowest BCUT2D eigenvalue weighted by Crippen LogP contribution is -2.35. The summed E-state index contributed by atoms with van der Waals surface area (Å²) in [5.41, 5.74) is -0.314. The van der Waals surface area contributed by atoms with Crippen LogP contribution in [0, 0.1) is 5.92 Å². The first-order chi connectivity index (χ1) is 11.9. The van der Waals surface area contributed by atoms with Crippen molar-refractivity contribution in [2.45, 2.75) is 30.3 Å². The van der Waals surface area contributed by atoms with E-state index in [1.165, 1.54) is 24.3 Å². The maximum absolute atomic E-state index is 12.2. The van der Waals surface area contributed by atoms with Crippen molar-refractivity contribution < 1.29 is 28.2 Å². The van der Waals surface area contributed by atoms with E-state index < -0.39 is 22.1 Å². The lowest BCUT2D eigenvalue weighted by molar-refractivity contribution is 0.0223. The summed E-state index contributed by atoms with van der Waals surface area (Å²) in [6, 6.07) is 5.32. The van der Waals surface area contributed by atoms with Crippen LogP contribution >= 0.6 is 0 Å². The van der Waals surface area contributed by atoms with Gasteiger partial charge < -0.3 is 14.9 Å². The van der Waals surface area contributed by atoms with Crippen LogP contribution in [0.1, 0.15) is 29.6 Å². The van der Waals surface area contributed by atoms with E-state index in [1.807, 2.05) is 0 Å². The van der Waals surface area contributed by atoms with Crippen LogP contribution in [-0.4, -0.2) is 50.5 Å². The molecule has 0 radical (unpaired) electrons.